The third kappa shape index (κ3) is 6.88. The van der Waals surface area contributed by atoms with Crippen LogP contribution >= 0.6 is 0 Å². The Morgan fingerprint density at radius 3 is 2.60 bits per heavy atom. The first kappa shape index (κ1) is 16.9. The third-order valence-electron chi connectivity index (χ3n) is 3.49. The second-order valence-corrected chi connectivity index (χ2v) is 5.28. The molecule has 0 bridgehead atoms. The molecule has 0 amide bonds. The van der Waals surface area contributed by atoms with Gasteiger partial charge in [-0.3, -0.25) is 0 Å². The predicted octanol–water partition coefficient (Wildman–Crippen LogP) is 4.48. The highest BCUT2D eigenvalue weighted by Crippen LogP contribution is 2.16. The molecule has 2 atom stereocenters. The van der Waals surface area contributed by atoms with E-state index in [9.17, 15) is 5.11 Å². The standard InChI is InChI=1S/C18H28O2/c1-3-5-6-10-14-18(17(19)11-4-2)20-15-16-12-8-7-9-13-16/h4,7-9,12-13,17-19H,2-3,5-6,10-11,14-15H2,1H3/t17-,18-/m0/s1. The highest BCUT2D eigenvalue weighted by atomic mass is 16.5. The van der Waals surface area contributed by atoms with Crippen LogP contribution in [0.2, 0.25) is 0 Å². The number of rotatable bonds is 11. The van der Waals surface area contributed by atoms with E-state index >= 15 is 0 Å². The maximum Gasteiger partial charge on any atom is 0.0841 e. The molecule has 1 N–H and O–H groups in total. The maximum absolute atomic E-state index is 10.1. The highest BCUT2D eigenvalue weighted by molar-refractivity contribution is 5.13. The van der Waals surface area contributed by atoms with Crippen molar-refractivity contribution in [1.82, 2.24) is 0 Å². The van der Waals surface area contributed by atoms with E-state index in [1.54, 1.807) is 6.08 Å². The molecular formula is C18H28O2. The molecule has 0 aliphatic rings. The van der Waals surface area contributed by atoms with Gasteiger partial charge in [-0.15, -0.1) is 6.58 Å². The molecule has 0 aromatic heterocycles. The first-order valence-electron chi connectivity index (χ1n) is 7.72. The molecule has 0 heterocycles. The summed E-state index contributed by atoms with van der Waals surface area (Å²) >= 11 is 0. The lowest BCUT2D eigenvalue weighted by Gasteiger charge is -2.22. The molecule has 0 spiro atoms. The number of hydrogen-bond acceptors (Lipinski definition) is 2. The fraction of sp³-hybridized carbons (Fsp3) is 0.556. The summed E-state index contributed by atoms with van der Waals surface area (Å²) < 4.78 is 5.92. The Labute approximate surface area is 123 Å². The van der Waals surface area contributed by atoms with E-state index in [1.165, 1.54) is 19.3 Å². The zero-order valence-electron chi connectivity index (χ0n) is 12.6. The fourth-order valence-electron chi connectivity index (χ4n) is 2.26. The lowest BCUT2D eigenvalue weighted by molar-refractivity contribution is -0.0492. The Kier molecular flexibility index (Phi) is 9.01. The van der Waals surface area contributed by atoms with E-state index in [2.05, 4.69) is 13.5 Å². The van der Waals surface area contributed by atoms with Gasteiger partial charge >= 0.3 is 0 Å². The van der Waals surface area contributed by atoms with Gasteiger partial charge in [0.1, 0.15) is 0 Å². The van der Waals surface area contributed by atoms with Crippen LogP contribution in [-0.2, 0) is 11.3 Å². The van der Waals surface area contributed by atoms with Gasteiger partial charge in [0.2, 0.25) is 0 Å². The van der Waals surface area contributed by atoms with Crippen LogP contribution in [0.5, 0.6) is 0 Å². The Morgan fingerprint density at radius 2 is 1.95 bits per heavy atom. The van der Waals surface area contributed by atoms with Crippen molar-refractivity contribution in [2.75, 3.05) is 0 Å². The third-order valence-corrected chi connectivity index (χ3v) is 3.49. The smallest absolute Gasteiger partial charge is 0.0841 e. The molecule has 0 saturated heterocycles. The summed E-state index contributed by atoms with van der Waals surface area (Å²) in [6, 6.07) is 10.1. The van der Waals surface area contributed by atoms with Crippen LogP contribution in [0.3, 0.4) is 0 Å². The second kappa shape index (κ2) is 10.6. The summed E-state index contributed by atoms with van der Waals surface area (Å²) in [4.78, 5) is 0. The van der Waals surface area contributed by atoms with E-state index in [0.717, 1.165) is 18.4 Å². The molecule has 0 fully saturated rings. The number of ether oxygens (including phenoxy) is 1. The second-order valence-electron chi connectivity index (χ2n) is 5.28. The lowest BCUT2D eigenvalue weighted by atomic mass is 10.0. The van der Waals surface area contributed by atoms with E-state index < -0.39 is 6.10 Å². The minimum atomic E-state index is -0.446. The average molecular weight is 276 g/mol. The summed E-state index contributed by atoms with van der Waals surface area (Å²) in [5.74, 6) is 0. The predicted molar refractivity (Wildman–Crippen MR) is 84.6 cm³/mol. The molecule has 2 nitrogen and oxygen atoms in total. The first-order chi connectivity index (χ1) is 9.77. The molecule has 0 saturated carbocycles. The van der Waals surface area contributed by atoms with Crippen LogP contribution < -0.4 is 0 Å². The van der Waals surface area contributed by atoms with Crippen LogP contribution in [0.15, 0.2) is 43.0 Å². The molecule has 0 unspecified atom stereocenters. The van der Waals surface area contributed by atoms with Crippen molar-refractivity contribution in [3.8, 4) is 0 Å². The summed E-state index contributed by atoms with van der Waals surface area (Å²) in [7, 11) is 0. The van der Waals surface area contributed by atoms with E-state index in [1.807, 2.05) is 30.3 Å². The van der Waals surface area contributed by atoms with Crippen molar-refractivity contribution in [2.45, 2.75) is 64.3 Å². The van der Waals surface area contributed by atoms with Crippen LogP contribution in [0.1, 0.15) is 51.0 Å². The van der Waals surface area contributed by atoms with Crippen molar-refractivity contribution in [3.05, 3.63) is 48.6 Å². The van der Waals surface area contributed by atoms with Crippen LogP contribution in [0, 0.1) is 0 Å². The Morgan fingerprint density at radius 1 is 1.20 bits per heavy atom. The van der Waals surface area contributed by atoms with Gasteiger partial charge in [0.15, 0.2) is 0 Å². The molecular weight excluding hydrogens is 248 g/mol. The van der Waals surface area contributed by atoms with Gasteiger partial charge in [-0.1, -0.05) is 69.0 Å². The minimum absolute atomic E-state index is 0.0925. The first-order valence-corrected chi connectivity index (χ1v) is 7.72. The average Bonchev–Trinajstić information content (AvgIpc) is 2.47. The van der Waals surface area contributed by atoms with Crippen molar-refractivity contribution < 1.29 is 9.84 Å². The van der Waals surface area contributed by atoms with Crippen molar-refractivity contribution in [2.24, 2.45) is 0 Å². The molecule has 1 rings (SSSR count). The number of unbranched alkanes of at least 4 members (excludes halogenated alkanes) is 3. The highest BCUT2D eigenvalue weighted by Gasteiger charge is 2.18. The Hall–Kier alpha value is -1.12. The molecule has 1 aromatic rings. The van der Waals surface area contributed by atoms with Crippen LogP contribution in [0.4, 0.5) is 0 Å². The zero-order chi connectivity index (χ0) is 14.6. The van der Waals surface area contributed by atoms with E-state index in [-0.39, 0.29) is 6.10 Å². The van der Waals surface area contributed by atoms with Crippen molar-refractivity contribution in [1.29, 1.82) is 0 Å². The number of aliphatic hydroxyl groups excluding tert-OH is 1. The summed E-state index contributed by atoms with van der Waals surface area (Å²) in [6.07, 6.45) is 7.53. The van der Waals surface area contributed by atoms with E-state index in [0.29, 0.717) is 13.0 Å². The molecule has 2 heteroatoms. The van der Waals surface area contributed by atoms with Crippen LogP contribution in [0.25, 0.3) is 0 Å². The van der Waals surface area contributed by atoms with Gasteiger partial charge in [0.05, 0.1) is 18.8 Å². The van der Waals surface area contributed by atoms with Gasteiger partial charge < -0.3 is 9.84 Å². The van der Waals surface area contributed by atoms with Crippen molar-refractivity contribution in [3.63, 3.8) is 0 Å². The molecule has 0 aliphatic carbocycles. The number of aliphatic hydroxyl groups is 1. The minimum Gasteiger partial charge on any atom is -0.390 e. The normalized spacial score (nSPS) is 13.9. The number of benzene rings is 1. The van der Waals surface area contributed by atoms with Gasteiger partial charge in [0.25, 0.3) is 0 Å². The SMILES string of the molecule is C=CC[C@H](O)[C@H](CCCCCC)OCc1ccccc1. The number of hydrogen-bond donors (Lipinski definition) is 1. The van der Waals surface area contributed by atoms with Crippen molar-refractivity contribution >= 4 is 0 Å². The lowest BCUT2D eigenvalue weighted by Crippen LogP contribution is -2.28. The maximum atomic E-state index is 10.1. The monoisotopic (exact) mass is 276 g/mol. The molecule has 20 heavy (non-hydrogen) atoms. The molecule has 112 valence electrons. The Bertz CT molecular complexity index is 348. The summed E-state index contributed by atoms with van der Waals surface area (Å²) in [5.41, 5.74) is 1.15. The van der Waals surface area contributed by atoms with Gasteiger partial charge in [-0.05, 0) is 18.4 Å². The zero-order valence-corrected chi connectivity index (χ0v) is 12.6. The quantitative estimate of drug-likeness (QED) is 0.477. The molecule has 1 aromatic carbocycles. The summed E-state index contributed by atoms with van der Waals surface area (Å²) in [5, 5.41) is 10.1. The molecule has 0 radical (unpaired) electrons. The van der Waals surface area contributed by atoms with Gasteiger partial charge in [-0.25, -0.2) is 0 Å². The van der Waals surface area contributed by atoms with E-state index in [4.69, 9.17) is 4.74 Å². The molecule has 0 aliphatic heterocycles. The van der Waals surface area contributed by atoms with Gasteiger partial charge in [-0.2, -0.15) is 0 Å². The Balaban J connectivity index is 2.42. The van der Waals surface area contributed by atoms with Gasteiger partial charge in [0, 0.05) is 0 Å². The van der Waals surface area contributed by atoms with Crippen LogP contribution in [-0.4, -0.2) is 17.3 Å². The topological polar surface area (TPSA) is 29.5 Å². The largest absolute Gasteiger partial charge is 0.390 e. The fourth-order valence-corrected chi connectivity index (χ4v) is 2.26. The summed E-state index contributed by atoms with van der Waals surface area (Å²) in [6.45, 7) is 6.46.